The fourth-order valence-electron chi connectivity index (χ4n) is 4.08. The largest absolute Gasteiger partial charge is 0.465 e. The van der Waals surface area contributed by atoms with Gasteiger partial charge in [0.05, 0.1) is 5.69 Å². The van der Waals surface area contributed by atoms with E-state index in [1.807, 2.05) is 0 Å². The van der Waals surface area contributed by atoms with Crippen molar-refractivity contribution >= 4 is 11.9 Å². The van der Waals surface area contributed by atoms with Gasteiger partial charge in [-0.15, -0.1) is 10.2 Å². The van der Waals surface area contributed by atoms with Gasteiger partial charge in [0.2, 0.25) is 0 Å². The van der Waals surface area contributed by atoms with E-state index < -0.39 is 23.5 Å². The molecule has 9 heteroatoms. The topological polar surface area (TPSA) is 78.4 Å². The summed E-state index contributed by atoms with van der Waals surface area (Å²) in [5.74, 6) is -2.19. The van der Waals surface area contributed by atoms with E-state index in [0.29, 0.717) is 36.8 Å². The molecule has 1 aliphatic heterocycles. The van der Waals surface area contributed by atoms with Gasteiger partial charge < -0.3 is 15.3 Å². The maximum absolute atomic E-state index is 13.8. The van der Waals surface area contributed by atoms with E-state index in [1.165, 1.54) is 11.0 Å². The lowest BCUT2D eigenvalue weighted by molar-refractivity contribution is 0.152. The van der Waals surface area contributed by atoms with Crippen molar-refractivity contribution in [2.24, 2.45) is 11.8 Å². The third kappa shape index (κ3) is 3.41. The van der Waals surface area contributed by atoms with Crippen LogP contribution in [0.1, 0.15) is 12.8 Å². The van der Waals surface area contributed by atoms with Crippen molar-refractivity contribution < 1.29 is 23.1 Å². The molecular weight excluding hydrogens is 361 g/mol. The molecule has 1 saturated carbocycles. The van der Waals surface area contributed by atoms with Crippen molar-refractivity contribution in [1.82, 2.24) is 15.1 Å². The van der Waals surface area contributed by atoms with E-state index in [1.54, 1.807) is 6.07 Å². The van der Waals surface area contributed by atoms with Crippen molar-refractivity contribution in [1.29, 1.82) is 0 Å². The average Bonchev–Trinajstić information content (AvgIpc) is 3.17. The third-order valence-corrected chi connectivity index (χ3v) is 5.31. The Kier molecular flexibility index (Phi) is 4.37. The molecule has 0 spiro atoms. The predicted octanol–water partition coefficient (Wildman–Crippen LogP) is 3.36. The van der Waals surface area contributed by atoms with Crippen LogP contribution in [0.15, 0.2) is 24.3 Å². The van der Waals surface area contributed by atoms with Gasteiger partial charge >= 0.3 is 6.09 Å². The number of aromatic nitrogens is 2. The van der Waals surface area contributed by atoms with Gasteiger partial charge in [-0.05, 0) is 42.9 Å². The molecule has 2 N–H and O–H groups in total. The molecule has 6 nitrogen and oxygen atoms in total. The van der Waals surface area contributed by atoms with Crippen molar-refractivity contribution in [3.8, 4) is 11.3 Å². The molecule has 2 fully saturated rings. The number of fused-ring (bicyclic) bond motifs is 1. The summed E-state index contributed by atoms with van der Waals surface area (Å²) in [5, 5.41) is 20.2. The van der Waals surface area contributed by atoms with Crippen LogP contribution in [-0.4, -0.2) is 45.4 Å². The number of anilines is 1. The number of amides is 1. The number of hydrogen-bond donors (Lipinski definition) is 2. The van der Waals surface area contributed by atoms with Crippen LogP contribution >= 0.6 is 0 Å². The minimum absolute atomic E-state index is 0.0387. The van der Waals surface area contributed by atoms with E-state index in [0.717, 1.165) is 18.9 Å². The molecule has 1 aliphatic carbocycles. The Balaban J connectivity index is 1.42. The highest BCUT2D eigenvalue weighted by atomic mass is 19.2. The number of carboxylic acid groups (broad SMARTS) is 1. The molecule has 1 unspecified atom stereocenters. The summed E-state index contributed by atoms with van der Waals surface area (Å²) in [5.41, 5.74) is -0.243. The van der Waals surface area contributed by atoms with Gasteiger partial charge in [-0.2, -0.15) is 0 Å². The van der Waals surface area contributed by atoms with Crippen LogP contribution in [0.2, 0.25) is 0 Å². The molecule has 3 atom stereocenters. The molecule has 1 aromatic heterocycles. The van der Waals surface area contributed by atoms with E-state index in [-0.39, 0.29) is 17.3 Å². The standard InChI is InChI=1S/C18H17F3N4O2/c19-11-5-13(17(21)14(20)6-11)15-1-2-16(24-23-15)22-12-3-9-7-25(18(26)27)8-10(9)4-12/h1-2,5-6,9-10,12H,3-4,7-8H2,(H,22,24)(H,26,27)/t9-,10+,12?. The van der Waals surface area contributed by atoms with Crippen molar-refractivity contribution in [3.63, 3.8) is 0 Å². The predicted molar refractivity (Wildman–Crippen MR) is 90.6 cm³/mol. The Hall–Kier alpha value is -2.84. The monoisotopic (exact) mass is 378 g/mol. The van der Waals surface area contributed by atoms with Crippen LogP contribution in [0, 0.1) is 29.3 Å². The minimum atomic E-state index is -1.28. The molecule has 0 bridgehead atoms. The second kappa shape index (κ2) is 6.71. The van der Waals surface area contributed by atoms with Crippen LogP contribution in [0.4, 0.5) is 23.8 Å². The highest BCUT2D eigenvalue weighted by molar-refractivity contribution is 5.65. The summed E-state index contributed by atoms with van der Waals surface area (Å²) in [6, 6.07) is 4.54. The van der Waals surface area contributed by atoms with Crippen LogP contribution in [-0.2, 0) is 0 Å². The summed E-state index contributed by atoms with van der Waals surface area (Å²) in [4.78, 5) is 12.5. The summed E-state index contributed by atoms with van der Waals surface area (Å²) in [6.45, 7) is 1.10. The Morgan fingerprint density at radius 1 is 1.11 bits per heavy atom. The molecule has 1 saturated heterocycles. The number of likely N-dealkylation sites (tertiary alicyclic amines) is 1. The normalized spacial score (nSPS) is 24.1. The van der Waals surface area contributed by atoms with Gasteiger partial charge in [0.1, 0.15) is 11.6 Å². The zero-order valence-electron chi connectivity index (χ0n) is 14.2. The smallest absolute Gasteiger partial charge is 0.407 e. The van der Waals surface area contributed by atoms with E-state index in [9.17, 15) is 18.0 Å². The molecule has 2 aliphatic rings. The minimum Gasteiger partial charge on any atom is -0.465 e. The van der Waals surface area contributed by atoms with Crippen LogP contribution in [0.25, 0.3) is 11.3 Å². The lowest BCUT2D eigenvalue weighted by Crippen LogP contribution is -2.29. The van der Waals surface area contributed by atoms with Gasteiger partial charge in [-0.3, -0.25) is 0 Å². The molecule has 142 valence electrons. The summed E-state index contributed by atoms with van der Waals surface area (Å²) in [7, 11) is 0. The molecule has 2 heterocycles. The van der Waals surface area contributed by atoms with Gasteiger partial charge in [0.25, 0.3) is 0 Å². The first-order chi connectivity index (χ1) is 12.9. The fourth-order valence-corrected chi connectivity index (χ4v) is 4.08. The molecule has 4 rings (SSSR count). The number of carbonyl (C=O) groups is 1. The molecule has 2 aromatic rings. The van der Waals surface area contributed by atoms with Gasteiger partial charge in [-0.25, -0.2) is 18.0 Å². The van der Waals surface area contributed by atoms with Crippen molar-refractivity contribution in [3.05, 3.63) is 41.7 Å². The lowest BCUT2D eigenvalue weighted by atomic mass is 10.0. The maximum Gasteiger partial charge on any atom is 0.407 e. The van der Waals surface area contributed by atoms with Gasteiger partial charge in [0.15, 0.2) is 11.6 Å². The molecule has 27 heavy (non-hydrogen) atoms. The van der Waals surface area contributed by atoms with E-state index >= 15 is 0 Å². The van der Waals surface area contributed by atoms with Crippen molar-refractivity contribution in [2.45, 2.75) is 18.9 Å². The first-order valence-corrected chi connectivity index (χ1v) is 8.63. The Bertz CT molecular complexity index is 864. The summed E-state index contributed by atoms with van der Waals surface area (Å²) in [6.07, 6.45) is 0.792. The maximum atomic E-state index is 13.8. The number of nitrogens with one attached hydrogen (secondary N) is 1. The second-order valence-corrected chi connectivity index (χ2v) is 7.07. The van der Waals surface area contributed by atoms with Gasteiger partial charge in [0, 0.05) is 30.8 Å². The number of benzene rings is 1. The highest BCUT2D eigenvalue weighted by Crippen LogP contribution is 2.39. The van der Waals surface area contributed by atoms with E-state index in [4.69, 9.17) is 5.11 Å². The van der Waals surface area contributed by atoms with Gasteiger partial charge in [-0.1, -0.05) is 0 Å². The Morgan fingerprint density at radius 3 is 2.41 bits per heavy atom. The Labute approximate surface area is 153 Å². The molecular formula is C18H17F3N4O2. The quantitative estimate of drug-likeness (QED) is 0.801. The average molecular weight is 378 g/mol. The number of nitrogens with zero attached hydrogens (tertiary/aromatic N) is 3. The molecule has 0 radical (unpaired) electrons. The number of halogens is 3. The summed E-state index contributed by atoms with van der Waals surface area (Å²) < 4.78 is 40.5. The molecule has 1 amide bonds. The van der Waals surface area contributed by atoms with Crippen LogP contribution < -0.4 is 5.32 Å². The first-order valence-electron chi connectivity index (χ1n) is 8.63. The van der Waals surface area contributed by atoms with E-state index in [2.05, 4.69) is 15.5 Å². The highest BCUT2D eigenvalue weighted by Gasteiger charge is 2.42. The Morgan fingerprint density at radius 2 is 1.81 bits per heavy atom. The van der Waals surface area contributed by atoms with Crippen LogP contribution in [0.3, 0.4) is 0 Å². The molecule has 1 aromatic carbocycles. The zero-order chi connectivity index (χ0) is 19.1. The fraction of sp³-hybridized carbons (Fsp3) is 0.389. The van der Waals surface area contributed by atoms with Crippen LogP contribution in [0.5, 0.6) is 0 Å². The number of hydrogen-bond acceptors (Lipinski definition) is 4. The SMILES string of the molecule is O=C(O)N1C[C@H]2CC(Nc3ccc(-c4cc(F)cc(F)c4F)nn3)C[C@H]2C1. The number of rotatable bonds is 3. The zero-order valence-corrected chi connectivity index (χ0v) is 14.2. The third-order valence-electron chi connectivity index (χ3n) is 5.31. The van der Waals surface area contributed by atoms with Crippen molar-refractivity contribution in [2.75, 3.05) is 18.4 Å². The summed E-state index contributed by atoms with van der Waals surface area (Å²) >= 11 is 0. The lowest BCUT2D eigenvalue weighted by Gasteiger charge is -2.17. The second-order valence-electron chi connectivity index (χ2n) is 7.07. The first kappa shape index (κ1) is 17.6.